The van der Waals surface area contributed by atoms with Crippen LogP contribution >= 0.6 is 0 Å². The number of aliphatic carboxylic acids is 1. The number of carboxylic acids is 1. The summed E-state index contributed by atoms with van der Waals surface area (Å²) in [6.07, 6.45) is -0.133. The van der Waals surface area contributed by atoms with E-state index in [0.717, 1.165) is 5.52 Å². The number of aromatic amines is 1. The van der Waals surface area contributed by atoms with Crippen LogP contribution in [0.4, 0.5) is 0 Å². The van der Waals surface area contributed by atoms with E-state index in [1.165, 1.54) is 4.90 Å². The van der Waals surface area contributed by atoms with E-state index in [-0.39, 0.29) is 24.8 Å². The molecule has 0 bridgehead atoms. The lowest BCUT2D eigenvalue weighted by Gasteiger charge is -2.34. The average molecular weight is 289 g/mol. The minimum absolute atomic E-state index is 0.133. The topological polar surface area (TPSA) is 95.5 Å². The highest BCUT2D eigenvalue weighted by Gasteiger charge is 2.31. The number of carbonyl (C=O) groups is 2. The molecule has 3 rings (SSSR count). The summed E-state index contributed by atoms with van der Waals surface area (Å²) in [6, 6.07) is 6.90. The Hall–Kier alpha value is -2.41. The molecule has 0 unspecified atom stereocenters. The quantitative estimate of drug-likeness (QED) is 0.874. The number of para-hydroxylation sites is 2. The second-order valence-corrected chi connectivity index (χ2v) is 4.93. The molecule has 110 valence electrons. The van der Waals surface area contributed by atoms with E-state index in [1.54, 1.807) is 0 Å². The van der Waals surface area contributed by atoms with Crippen LogP contribution in [0.25, 0.3) is 11.0 Å². The Labute approximate surface area is 120 Å². The summed E-state index contributed by atoms with van der Waals surface area (Å²) in [5, 5.41) is 8.93. The van der Waals surface area contributed by atoms with E-state index in [9.17, 15) is 9.59 Å². The number of nitrogens with one attached hydrogen (secondary N) is 1. The lowest BCUT2D eigenvalue weighted by molar-refractivity contribution is -0.139. The minimum Gasteiger partial charge on any atom is -0.481 e. The molecule has 7 heteroatoms. The molecule has 1 aromatic heterocycles. The molecule has 1 aliphatic rings. The summed E-state index contributed by atoms with van der Waals surface area (Å²) >= 11 is 0. The Morgan fingerprint density at radius 2 is 2.24 bits per heavy atom. The Morgan fingerprint density at radius 3 is 3.00 bits per heavy atom. The molecule has 1 aliphatic heterocycles. The lowest BCUT2D eigenvalue weighted by Crippen LogP contribution is -2.49. The van der Waals surface area contributed by atoms with Crippen LogP contribution in [-0.4, -0.2) is 57.7 Å². The number of carboxylic acid groups (broad SMARTS) is 1. The van der Waals surface area contributed by atoms with Crippen LogP contribution in [0.15, 0.2) is 24.3 Å². The number of ether oxygens (including phenoxy) is 1. The Kier molecular flexibility index (Phi) is 3.57. The first-order valence-electron chi connectivity index (χ1n) is 6.70. The molecule has 7 nitrogen and oxygen atoms in total. The van der Waals surface area contributed by atoms with Gasteiger partial charge in [0.25, 0.3) is 5.91 Å². The molecule has 21 heavy (non-hydrogen) atoms. The van der Waals surface area contributed by atoms with Crippen LogP contribution in [-0.2, 0) is 9.53 Å². The van der Waals surface area contributed by atoms with Crippen molar-refractivity contribution in [1.82, 2.24) is 14.9 Å². The molecule has 0 spiro atoms. The van der Waals surface area contributed by atoms with Crippen molar-refractivity contribution in [3.05, 3.63) is 30.1 Å². The fourth-order valence-corrected chi connectivity index (χ4v) is 2.48. The predicted molar refractivity (Wildman–Crippen MR) is 74.0 cm³/mol. The zero-order valence-electron chi connectivity index (χ0n) is 11.3. The van der Waals surface area contributed by atoms with Gasteiger partial charge in [0.05, 0.1) is 36.7 Å². The van der Waals surface area contributed by atoms with Gasteiger partial charge in [-0.2, -0.15) is 0 Å². The van der Waals surface area contributed by atoms with Gasteiger partial charge in [-0.1, -0.05) is 12.1 Å². The highest BCUT2D eigenvalue weighted by Crippen LogP contribution is 2.16. The third-order valence-corrected chi connectivity index (χ3v) is 3.49. The average Bonchev–Trinajstić information content (AvgIpc) is 2.90. The normalized spacial score (nSPS) is 18.9. The lowest BCUT2D eigenvalue weighted by atomic mass is 10.1. The molecule has 0 aliphatic carbocycles. The van der Waals surface area contributed by atoms with Crippen molar-refractivity contribution in [1.29, 1.82) is 0 Å². The van der Waals surface area contributed by atoms with Crippen LogP contribution in [0.2, 0.25) is 0 Å². The number of nitrogens with zero attached hydrogens (tertiary/aromatic N) is 2. The smallest absolute Gasteiger partial charge is 0.305 e. The van der Waals surface area contributed by atoms with Gasteiger partial charge in [-0.25, -0.2) is 4.98 Å². The number of imidazole rings is 1. The molecule has 2 aromatic rings. The molecule has 2 N–H and O–H groups in total. The maximum absolute atomic E-state index is 12.5. The largest absolute Gasteiger partial charge is 0.481 e. The van der Waals surface area contributed by atoms with Gasteiger partial charge in [0, 0.05) is 6.54 Å². The predicted octanol–water partition coefficient (Wildman–Crippen LogP) is 0.879. The van der Waals surface area contributed by atoms with Gasteiger partial charge in [0.2, 0.25) is 0 Å². The van der Waals surface area contributed by atoms with Crippen LogP contribution < -0.4 is 0 Å². The summed E-state index contributed by atoms with van der Waals surface area (Å²) in [7, 11) is 0. The van der Waals surface area contributed by atoms with Crippen LogP contribution in [0.3, 0.4) is 0 Å². The zero-order chi connectivity index (χ0) is 14.8. The maximum Gasteiger partial charge on any atom is 0.305 e. The van der Waals surface area contributed by atoms with Gasteiger partial charge in [0.1, 0.15) is 0 Å². The van der Waals surface area contributed by atoms with Crippen molar-refractivity contribution in [3.63, 3.8) is 0 Å². The number of H-pyrrole nitrogens is 1. The van der Waals surface area contributed by atoms with Crippen molar-refractivity contribution in [2.45, 2.75) is 12.5 Å². The number of carbonyl (C=O) groups excluding carboxylic acids is 1. The highest BCUT2D eigenvalue weighted by atomic mass is 16.5. The number of rotatable bonds is 3. The van der Waals surface area contributed by atoms with E-state index in [2.05, 4.69) is 9.97 Å². The van der Waals surface area contributed by atoms with Crippen molar-refractivity contribution in [3.8, 4) is 0 Å². The number of aromatic nitrogens is 2. The van der Waals surface area contributed by atoms with Crippen LogP contribution in [0.5, 0.6) is 0 Å². The van der Waals surface area contributed by atoms with Crippen molar-refractivity contribution in [2.75, 3.05) is 19.8 Å². The number of fused-ring (bicyclic) bond motifs is 1. The first kappa shape index (κ1) is 13.6. The minimum atomic E-state index is -0.951. The van der Waals surface area contributed by atoms with E-state index >= 15 is 0 Å². The number of morpholine rings is 1. The fraction of sp³-hybridized carbons (Fsp3) is 0.357. The molecule has 1 aromatic carbocycles. The maximum atomic E-state index is 12.5. The summed E-state index contributed by atoms with van der Waals surface area (Å²) in [5.41, 5.74) is 1.49. The number of amides is 1. The Bertz CT molecular complexity index is 649. The van der Waals surface area contributed by atoms with Crippen molar-refractivity contribution >= 4 is 22.9 Å². The highest BCUT2D eigenvalue weighted by molar-refractivity contribution is 5.94. The standard InChI is InChI=1S/C14H15N3O4/c18-12(19)7-9-8-21-6-5-17(9)14(20)13-15-10-3-1-2-4-11(10)16-13/h1-4,9H,5-8H2,(H,15,16)(H,18,19)/t9-/m1/s1. The number of hydrogen-bond acceptors (Lipinski definition) is 4. The summed E-state index contributed by atoms with van der Waals surface area (Å²) in [5.74, 6) is -1.01. The zero-order valence-corrected chi connectivity index (χ0v) is 11.3. The van der Waals surface area contributed by atoms with E-state index in [0.29, 0.717) is 18.7 Å². The summed E-state index contributed by atoms with van der Waals surface area (Å²) in [4.78, 5) is 32.2. The third kappa shape index (κ3) is 2.73. The van der Waals surface area contributed by atoms with Crippen LogP contribution in [0.1, 0.15) is 17.0 Å². The van der Waals surface area contributed by atoms with E-state index in [4.69, 9.17) is 9.84 Å². The van der Waals surface area contributed by atoms with Gasteiger partial charge < -0.3 is 19.7 Å². The molecular weight excluding hydrogens is 274 g/mol. The van der Waals surface area contributed by atoms with E-state index in [1.807, 2.05) is 24.3 Å². The van der Waals surface area contributed by atoms with Gasteiger partial charge in [-0.05, 0) is 12.1 Å². The van der Waals surface area contributed by atoms with Crippen LogP contribution in [0, 0.1) is 0 Å². The Balaban J connectivity index is 1.86. The second kappa shape index (κ2) is 5.53. The molecule has 1 amide bonds. The van der Waals surface area contributed by atoms with Gasteiger partial charge in [0.15, 0.2) is 5.82 Å². The number of benzene rings is 1. The molecular formula is C14H15N3O4. The van der Waals surface area contributed by atoms with Gasteiger partial charge in [-0.15, -0.1) is 0 Å². The molecule has 0 saturated carbocycles. The molecule has 2 heterocycles. The monoisotopic (exact) mass is 289 g/mol. The van der Waals surface area contributed by atoms with Gasteiger partial charge in [-0.3, -0.25) is 9.59 Å². The third-order valence-electron chi connectivity index (χ3n) is 3.49. The number of hydrogen-bond donors (Lipinski definition) is 2. The van der Waals surface area contributed by atoms with Crippen molar-refractivity contribution in [2.24, 2.45) is 0 Å². The molecule has 1 saturated heterocycles. The molecule has 1 fully saturated rings. The van der Waals surface area contributed by atoms with E-state index < -0.39 is 12.0 Å². The molecule has 1 atom stereocenters. The SMILES string of the molecule is O=C(O)C[C@@H]1COCCN1C(=O)c1nc2ccccc2[nH]1. The molecule has 0 radical (unpaired) electrons. The fourth-order valence-electron chi connectivity index (χ4n) is 2.48. The first-order chi connectivity index (χ1) is 10.1. The Morgan fingerprint density at radius 1 is 1.43 bits per heavy atom. The summed E-state index contributed by atoms with van der Waals surface area (Å²) < 4.78 is 5.27. The van der Waals surface area contributed by atoms with Crippen molar-refractivity contribution < 1.29 is 19.4 Å². The van der Waals surface area contributed by atoms with Gasteiger partial charge >= 0.3 is 5.97 Å². The second-order valence-electron chi connectivity index (χ2n) is 4.93. The first-order valence-corrected chi connectivity index (χ1v) is 6.70. The summed E-state index contributed by atoms with van der Waals surface area (Å²) in [6.45, 7) is 1.01.